The minimum atomic E-state index is -0.392. The van der Waals surface area contributed by atoms with Gasteiger partial charge in [0.25, 0.3) is 5.91 Å². The highest BCUT2D eigenvalue weighted by molar-refractivity contribution is 6.29. The van der Waals surface area contributed by atoms with Crippen LogP contribution in [0.3, 0.4) is 0 Å². The lowest BCUT2D eigenvalue weighted by Gasteiger charge is -2.07. The van der Waals surface area contributed by atoms with Crippen molar-refractivity contribution >= 4 is 23.5 Å². The number of methoxy groups -OCH3 is 1. The van der Waals surface area contributed by atoms with E-state index in [1.807, 2.05) is 0 Å². The van der Waals surface area contributed by atoms with Crippen LogP contribution in [-0.2, 0) is 0 Å². The molecule has 1 N–H and O–H groups in total. The van der Waals surface area contributed by atoms with Crippen LogP contribution < -0.4 is 10.1 Å². The maximum Gasteiger partial charge on any atom is 0.261 e. The van der Waals surface area contributed by atoms with E-state index in [1.165, 1.54) is 31.8 Å². The Kier molecular flexibility index (Phi) is 3.69. The molecule has 0 aliphatic carbocycles. The molecule has 6 nitrogen and oxygen atoms in total. The Morgan fingerprint density at radius 1 is 1.39 bits per heavy atom. The summed E-state index contributed by atoms with van der Waals surface area (Å²) in [5.74, 6) is 0.111. The second-order valence-corrected chi connectivity index (χ2v) is 3.62. The number of carbonyl (C=O) groups is 1. The molecule has 0 unspecified atom stereocenters. The van der Waals surface area contributed by atoms with Crippen molar-refractivity contribution in [3.05, 3.63) is 41.4 Å². The van der Waals surface area contributed by atoms with E-state index in [0.29, 0.717) is 11.3 Å². The van der Waals surface area contributed by atoms with Crippen LogP contribution in [0.25, 0.3) is 0 Å². The Hall–Kier alpha value is -2.21. The Balaban J connectivity index is 2.22. The molecule has 2 heterocycles. The zero-order valence-electron chi connectivity index (χ0n) is 9.42. The zero-order valence-corrected chi connectivity index (χ0v) is 10.2. The molecular weight excluding hydrogens is 256 g/mol. The van der Waals surface area contributed by atoms with Crippen LogP contribution in [0.2, 0.25) is 5.15 Å². The fraction of sp³-hybridized carbons (Fsp3) is 0.0909. The number of pyridine rings is 1. The fourth-order valence-electron chi connectivity index (χ4n) is 1.30. The summed E-state index contributed by atoms with van der Waals surface area (Å²) in [6.07, 6.45) is 4.40. The summed E-state index contributed by atoms with van der Waals surface area (Å²) in [6.45, 7) is 0. The van der Waals surface area contributed by atoms with E-state index in [2.05, 4.69) is 20.3 Å². The lowest BCUT2D eigenvalue weighted by molar-refractivity contribution is 0.102. The summed E-state index contributed by atoms with van der Waals surface area (Å²) in [7, 11) is 1.46. The average Bonchev–Trinajstić information content (AvgIpc) is 2.38. The first kappa shape index (κ1) is 12.3. The molecule has 0 radical (unpaired) electrons. The first-order valence-electron chi connectivity index (χ1n) is 4.98. The number of carbonyl (C=O) groups excluding carboxylic acids is 1. The van der Waals surface area contributed by atoms with Gasteiger partial charge in [0.15, 0.2) is 0 Å². The number of anilines is 1. The summed E-state index contributed by atoms with van der Waals surface area (Å²) in [5.41, 5.74) is 0.344. The van der Waals surface area contributed by atoms with Crippen LogP contribution in [0.5, 0.6) is 5.75 Å². The molecule has 0 spiro atoms. The molecule has 18 heavy (non-hydrogen) atoms. The molecule has 2 aromatic heterocycles. The molecule has 0 aliphatic heterocycles. The van der Waals surface area contributed by atoms with E-state index in [4.69, 9.17) is 16.3 Å². The molecule has 2 rings (SSSR count). The molecule has 0 fully saturated rings. The van der Waals surface area contributed by atoms with Crippen molar-refractivity contribution in [2.75, 3.05) is 12.4 Å². The van der Waals surface area contributed by atoms with Crippen LogP contribution in [-0.4, -0.2) is 28.0 Å². The number of aromatic nitrogens is 3. The molecule has 2 aromatic rings. The molecule has 0 aromatic carbocycles. The summed E-state index contributed by atoms with van der Waals surface area (Å²) < 4.78 is 5.04. The summed E-state index contributed by atoms with van der Waals surface area (Å²) in [6, 6.07) is 3.06. The van der Waals surface area contributed by atoms with E-state index < -0.39 is 5.91 Å². The van der Waals surface area contributed by atoms with Gasteiger partial charge in [0, 0.05) is 12.4 Å². The van der Waals surface area contributed by atoms with E-state index >= 15 is 0 Å². The lowest BCUT2D eigenvalue weighted by Crippen LogP contribution is -2.15. The molecule has 1 amide bonds. The first-order chi connectivity index (χ1) is 8.70. The minimum absolute atomic E-state index is 0.131. The quantitative estimate of drug-likeness (QED) is 0.855. The SMILES string of the molecule is COc1cnccc1C(=O)Nc1nccc(Cl)n1. The summed E-state index contributed by atoms with van der Waals surface area (Å²) in [5, 5.41) is 2.77. The standard InChI is InChI=1S/C11H9ClN4O2/c1-18-8-6-13-4-2-7(8)10(17)16-11-14-5-3-9(12)15-11/h2-6H,1H3,(H,14,15,16,17). The highest BCUT2D eigenvalue weighted by atomic mass is 35.5. The number of nitrogens with one attached hydrogen (secondary N) is 1. The van der Waals surface area contributed by atoms with Gasteiger partial charge in [-0.3, -0.25) is 15.1 Å². The van der Waals surface area contributed by atoms with Gasteiger partial charge in [-0.05, 0) is 12.1 Å². The first-order valence-corrected chi connectivity index (χ1v) is 5.36. The molecule has 0 saturated carbocycles. The number of hydrogen-bond acceptors (Lipinski definition) is 5. The third-order valence-corrected chi connectivity index (χ3v) is 2.31. The maximum atomic E-state index is 12.0. The fourth-order valence-corrected chi connectivity index (χ4v) is 1.43. The van der Waals surface area contributed by atoms with Gasteiger partial charge < -0.3 is 4.74 Å². The Bertz CT molecular complexity index is 576. The van der Waals surface area contributed by atoms with Crippen molar-refractivity contribution in [2.45, 2.75) is 0 Å². The molecule has 0 saturated heterocycles. The third-order valence-electron chi connectivity index (χ3n) is 2.10. The maximum absolute atomic E-state index is 12.0. The Labute approximate surface area is 108 Å². The van der Waals surface area contributed by atoms with Crippen molar-refractivity contribution in [3.8, 4) is 5.75 Å². The number of nitrogens with zero attached hydrogens (tertiary/aromatic N) is 3. The van der Waals surface area contributed by atoms with Gasteiger partial charge in [-0.25, -0.2) is 9.97 Å². The Morgan fingerprint density at radius 3 is 2.94 bits per heavy atom. The van der Waals surface area contributed by atoms with Crippen LogP contribution in [0.15, 0.2) is 30.7 Å². The van der Waals surface area contributed by atoms with Gasteiger partial charge in [0.05, 0.1) is 18.9 Å². The monoisotopic (exact) mass is 264 g/mol. The third kappa shape index (κ3) is 2.72. The average molecular weight is 265 g/mol. The van der Waals surface area contributed by atoms with Gasteiger partial charge >= 0.3 is 0 Å². The second-order valence-electron chi connectivity index (χ2n) is 3.23. The lowest BCUT2D eigenvalue weighted by atomic mass is 10.2. The van der Waals surface area contributed by atoms with Gasteiger partial charge in [0.1, 0.15) is 10.9 Å². The summed E-state index contributed by atoms with van der Waals surface area (Å²) in [4.78, 5) is 23.6. The van der Waals surface area contributed by atoms with Crippen molar-refractivity contribution in [3.63, 3.8) is 0 Å². The summed E-state index contributed by atoms with van der Waals surface area (Å²) >= 11 is 5.70. The minimum Gasteiger partial charge on any atom is -0.494 e. The zero-order chi connectivity index (χ0) is 13.0. The van der Waals surface area contributed by atoms with Crippen molar-refractivity contribution in [1.82, 2.24) is 15.0 Å². The van der Waals surface area contributed by atoms with E-state index in [-0.39, 0.29) is 11.1 Å². The van der Waals surface area contributed by atoms with Crippen molar-refractivity contribution < 1.29 is 9.53 Å². The largest absolute Gasteiger partial charge is 0.494 e. The topological polar surface area (TPSA) is 77.0 Å². The van der Waals surface area contributed by atoms with E-state index in [1.54, 1.807) is 6.07 Å². The molecule has 0 atom stereocenters. The predicted octanol–water partition coefficient (Wildman–Crippen LogP) is 1.79. The molecule has 0 bridgehead atoms. The molecule has 0 aliphatic rings. The number of ether oxygens (including phenoxy) is 1. The normalized spacial score (nSPS) is 9.89. The number of hydrogen-bond donors (Lipinski definition) is 1. The van der Waals surface area contributed by atoms with Crippen molar-refractivity contribution in [2.24, 2.45) is 0 Å². The second kappa shape index (κ2) is 5.42. The molecular formula is C11H9ClN4O2. The highest BCUT2D eigenvalue weighted by Crippen LogP contribution is 2.17. The van der Waals surface area contributed by atoms with Gasteiger partial charge in [0.2, 0.25) is 5.95 Å². The van der Waals surface area contributed by atoms with Gasteiger partial charge in [-0.1, -0.05) is 11.6 Å². The van der Waals surface area contributed by atoms with Crippen LogP contribution in [0.1, 0.15) is 10.4 Å². The Morgan fingerprint density at radius 2 is 2.22 bits per heavy atom. The smallest absolute Gasteiger partial charge is 0.261 e. The van der Waals surface area contributed by atoms with Gasteiger partial charge in [-0.2, -0.15) is 0 Å². The van der Waals surface area contributed by atoms with Crippen LogP contribution >= 0.6 is 11.6 Å². The van der Waals surface area contributed by atoms with Crippen LogP contribution in [0.4, 0.5) is 5.95 Å². The van der Waals surface area contributed by atoms with E-state index in [0.717, 1.165) is 0 Å². The van der Waals surface area contributed by atoms with E-state index in [9.17, 15) is 4.79 Å². The highest BCUT2D eigenvalue weighted by Gasteiger charge is 2.13. The van der Waals surface area contributed by atoms with Crippen molar-refractivity contribution in [1.29, 1.82) is 0 Å². The molecule has 7 heteroatoms. The van der Waals surface area contributed by atoms with Crippen LogP contribution in [0, 0.1) is 0 Å². The number of halogens is 1. The predicted molar refractivity (Wildman–Crippen MR) is 65.8 cm³/mol. The number of rotatable bonds is 3. The molecule has 92 valence electrons. The number of amides is 1. The van der Waals surface area contributed by atoms with Gasteiger partial charge in [-0.15, -0.1) is 0 Å².